The third-order valence-corrected chi connectivity index (χ3v) is 12.1. The van der Waals surface area contributed by atoms with Crippen molar-refractivity contribution in [1.29, 1.82) is 0 Å². The van der Waals surface area contributed by atoms with Crippen molar-refractivity contribution in [3.8, 4) is 0 Å². The summed E-state index contributed by atoms with van der Waals surface area (Å²) in [6, 6.07) is 0. The number of allylic oxidation sites excluding steroid dienone is 24. The van der Waals surface area contributed by atoms with Gasteiger partial charge in [-0.05, 0) is 128 Å². The number of hydrogen-bond donors (Lipinski definition) is 0. The molecule has 0 aliphatic rings. The van der Waals surface area contributed by atoms with E-state index in [0.717, 1.165) is 128 Å². The van der Waals surface area contributed by atoms with Crippen LogP contribution < -0.4 is 0 Å². The van der Waals surface area contributed by atoms with Crippen LogP contribution in [0, 0.1) is 0 Å². The van der Waals surface area contributed by atoms with Crippen molar-refractivity contribution in [2.75, 3.05) is 13.2 Å². The molecule has 0 amide bonds. The molecule has 0 heterocycles. The molecule has 0 aliphatic heterocycles. The topological polar surface area (TPSA) is 78.9 Å². The van der Waals surface area contributed by atoms with E-state index in [-0.39, 0.29) is 37.5 Å². The molecule has 0 aliphatic carbocycles. The smallest absolute Gasteiger partial charge is 0.306 e. The molecule has 0 bridgehead atoms. The molecule has 0 aromatic carbocycles. The van der Waals surface area contributed by atoms with Crippen molar-refractivity contribution in [2.24, 2.45) is 0 Å². The summed E-state index contributed by atoms with van der Waals surface area (Å²) >= 11 is 0. The van der Waals surface area contributed by atoms with Crippen LogP contribution in [0.5, 0.6) is 0 Å². The fraction of sp³-hybridized carbons (Fsp3) is 0.603. The van der Waals surface area contributed by atoms with Gasteiger partial charge in [0.05, 0.1) is 0 Å². The molecule has 1 atom stereocenters. The van der Waals surface area contributed by atoms with Gasteiger partial charge in [0, 0.05) is 19.3 Å². The third kappa shape index (κ3) is 58.2. The molecule has 0 saturated carbocycles. The molecule has 0 spiro atoms. The van der Waals surface area contributed by atoms with Crippen LogP contribution in [0.4, 0.5) is 0 Å². The zero-order valence-electron chi connectivity index (χ0n) is 47.5. The molecule has 6 nitrogen and oxygen atoms in total. The van der Waals surface area contributed by atoms with E-state index >= 15 is 0 Å². The standard InChI is InChI=1S/C68H108O6/c1-4-7-10-13-16-19-22-25-27-29-31-32-33-34-35-36-37-39-40-43-46-49-52-55-58-61-67(70)73-64-65(63-72-66(69)60-57-54-51-48-45-42-24-21-18-15-12-9-6-3)74-68(71)62-59-56-53-50-47-44-41-38-30-28-26-23-20-17-14-11-8-5-2/h7,9-10,12,16,18-21,23,25,27-28,30-32,34-35,37,39,42,45,51,54,65H,4-6,8,11,13-15,17,22,24,26,29,33,36,38,40-41,43-44,46-50,52-53,55-64H2,1-3H3/b10-7-,12-9-,19-16-,21-18-,23-20-,27-25-,30-28-,32-31-,35-34-,39-37-,45-42-,54-51-. The van der Waals surface area contributed by atoms with Gasteiger partial charge in [-0.2, -0.15) is 0 Å². The molecule has 0 N–H and O–H groups in total. The first-order chi connectivity index (χ1) is 36.5. The van der Waals surface area contributed by atoms with Crippen molar-refractivity contribution in [3.63, 3.8) is 0 Å². The van der Waals surface area contributed by atoms with Gasteiger partial charge in [0.1, 0.15) is 13.2 Å². The minimum Gasteiger partial charge on any atom is -0.462 e. The zero-order valence-corrected chi connectivity index (χ0v) is 47.5. The highest BCUT2D eigenvalue weighted by Crippen LogP contribution is 2.14. The van der Waals surface area contributed by atoms with E-state index < -0.39 is 6.10 Å². The molecule has 0 aromatic heterocycles. The van der Waals surface area contributed by atoms with Gasteiger partial charge in [-0.3, -0.25) is 14.4 Å². The van der Waals surface area contributed by atoms with Crippen molar-refractivity contribution in [3.05, 3.63) is 146 Å². The number of unbranched alkanes of at least 4 members (excludes halogenated alkanes) is 17. The SMILES string of the molecule is CC/C=C\C/C=C\C/C=C\C/C=C\C/C=C\C/C=C\CCCCCCCCC(=O)OCC(COC(=O)CC/C=C\C/C=C\C/C=C\C/C=C\CC)OC(=O)CCCCCCCCC/C=C\C/C=C\CCCCCC. The number of carbonyl (C=O) groups is 3. The molecule has 0 fully saturated rings. The summed E-state index contributed by atoms with van der Waals surface area (Å²) in [4.78, 5) is 38.2. The van der Waals surface area contributed by atoms with E-state index in [1.165, 1.54) is 70.6 Å². The average molecular weight is 1020 g/mol. The maximum atomic E-state index is 12.9. The lowest BCUT2D eigenvalue weighted by Gasteiger charge is -2.18. The van der Waals surface area contributed by atoms with E-state index in [9.17, 15) is 14.4 Å². The molecule has 1 unspecified atom stereocenters. The van der Waals surface area contributed by atoms with Crippen molar-refractivity contribution in [2.45, 2.75) is 252 Å². The van der Waals surface area contributed by atoms with Gasteiger partial charge >= 0.3 is 17.9 Å². The molecule has 74 heavy (non-hydrogen) atoms. The molecule has 0 aromatic rings. The van der Waals surface area contributed by atoms with Crippen LogP contribution in [-0.4, -0.2) is 37.2 Å². The van der Waals surface area contributed by atoms with E-state index in [4.69, 9.17) is 14.2 Å². The van der Waals surface area contributed by atoms with Gasteiger partial charge in [0.2, 0.25) is 0 Å². The van der Waals surface area contributed by atoms with Crippen LogP contribution >= 0.6 is 0 Å². The Bertz CT molecular complexity index is 1640. The van der Waals surface area contributed by atoms with E-state index in [1.54, 1.807) is 0 Å². The second-order valence-electron chi connectivity index (χ2n) is 19.1. The van der Waals surface area contributed by atoms with Crippen molar-refractivity contribution in [1.82, 2.24) is 0 Å². The Kier molecular flexibility index (Phi) is 57.0. The average Bonchev–Trinajstić information content (AvgIpc) is 3.40. The van der Waals surface area contributed by atoms with Gasteiger partial charge in [-0.15, -0.1) is 0 Å². The Morgan fingerprint density at radius 3 is 0.905 bits per heavy atom. The Hall–Kier alpha value is -4.71. The fourth-order valence-electron chi connectivity index (χ4n) is 7.67. The highest BCUT2D eigenvalue weighted by molar-refractivity contribution is 5.71. The number of hydrogen-bond acceptors (Lipinski definition) is 6. The monoisotopic (exact) mass is 1020 g/mol. The molecule has 0 rings (SSSR count). The highest BCUT2D eigenvalue weighted by Gasteiger charge is 2.19. The maximum Gasteiger partial charge on any atom is 0.306 e. The minimum absolute atomic E-state index is 0.117. The Morgan fingerprint density at radius 1 is 0.284 bits per heavy atom. The van der Waals surface area contributed by atoms with Crippen molar-refractivity contribution >= 4 is 17.9 Å². The maximum absolute atomic E-state index is 12.9. The fourth-order valence-corrected chi connectivity index (χ4v) is 7.67. The summed E-state index contributed by atoms with van der Waals surface area (Å²) in [5.74, 6) is -1.03. The summed E-state index contributed by atoms with van der Waals surface area (Å²) in [5, 5.41) is 0. The molecule has 416 valence electrons. The summed E-state index contributed by atoms with van der Waals surface area (Å²) in [7, 11) is 0. The molecule has 6 heteroatoms. The predicted octanol–water partition coefficient (Wildman–Crippen LogP) is 20.4. The normalized spacial score (nSPS) is 13.2. The third-order valence-electron chi connectivity index (χ3n) is 12.1. The summed E-state index contributed by atoms with van der Waals surface area (Å²) in [6.45, 7) is 6.30. The lowest BCUT2D eigenvalue weighted by atomic mass is 10.1. The first-order valence-corrected chi connectivity index (χ1v) is 29.8. The van der Waals surface area contributed by atoms with Gasteiger partial charge in [0.15, 0.2) is 6.10 Å². The Labute approximate surface area is 455 Å². The number of rotatable bonds is 52. The summed E-state index contributed by atoms with van der Waals surface area (Å²) < 4.78 is 16.8. The second kappa shape index (κ2) is 60.8. The zero-order chi connectivity index (χ0) is 53.6. The van der Waals surface area contributed by atoms with Gasteiger partial charge < -0.3 is 14.2 Å². The molecule has 0 saturated heterocycles. The molecule has 0 radical (unpaired) electrons. The van der Waals surface area contributed by atoms with Crippen LogP contribution in [-0.2, 0) is 28.6 Å². The quantitative estimate of drug-likeness (QED) is 0.0261. The van der Waals surface area contributed by atoms with Crippen molar-refractivity contribution < 1.29 is 28.6 Å². The van der Waals surface area contributed by atoms with Gasteiger partial charge in [-0.1, -0.05) is 244 Å². The highest BCUT2D eigenvalue weighted by atomic mass is 16.6. The second-order valence-corrected chi connectivity index (χ2v) is 19.1. The predicted molar refractivity (Wildman–Crippen MR) is 320 cm³/mol. The minimum atomic E-state index is -0.824. The van der Waals surface area contributed by atoms with Crippen LogP contribution in [0.2, 0.25) is 0 Å². The number of esters is 3. The van der Waals surface area contributed by atoms with Crippen LogP contribution in [0.1, 0.15) is 245 Å². The molecular weight excluding hydrogens is 913 g/mol. The van der Waals surface area contributed by atoms with E-state index in [0.29, 0.717) is 19.3 Å². The van der Waals surface area contributed by atoms with Gasteiger partial charge in [-0.25, -0.2) is 0 Å². The Balaban J connectivity index is 4.46. The largest absolute Gasteiger partial charge is 0.462 e. The van der Waals surface area contributed by atoms with E-state index in [1.807, 2.05) is 12.2 Å². The summed E-state index contributed by atoms with van der Waals surface area (Å²) in [5.41, 5.74) is 0. The first kappa shape index (κ1) is 69.3. The van der Waals surface area contributed by atoms with Crippen LogP contribution in [0.15, 0.2) is 146 Å². The lowest BCUT2D eigenvalue weighted by molar-refractivity contribution is -0.166. The van der Waals surface area contributed by atoms with Crippen LogP contribution in [0.3, 0.4) is 0 Å². The number of carbonyl (C=O) groups excluding carboxylic acids is 3. The van der Waals surface area contributed by atoms with Gasteiger partial charge in [0.25, 0.3) is 0 Å². The Morgan fingerprint density at radius 2 is 0.554 bits per heavy atom. The van der Waals surface area contributed by atoms with Crippen LogP contribution in [0.25, 0.3) is 0 Å². The number of ether oxygens (including phenoxy) is 3. The summed E-state index contributed by atoms with van der Waals surface area (Å²) in [6.07, 6.45) is 87.1. The van der Waals surface area contributed by atoms with E-state index in [2.05, 4.69) is 154 Å². The first-order valence-electron chi connectivity index (χ1n) is 29.8. The lowest BCUT2D eigenvalue weighted by Crippen LogP contribution is -2.30. The molecular formula is C68H108O6.